The van der Waals surface area contributed by atoms with E-state index in [0.717, 1.165) is 22.0 Å². The number of hydrogen-bond acceptors (Lipinski definition) is 5. The maximum Gasteiger partial charge on any atom is 0.316 e. The van der Waals surface area contributed by atoms with Gasteiger partial charge in [0, 0.05) is 22.7 Å². The van der Waals surface area contributed by atoms with Gasteiger partial charge in [0.1, 0.15) is 0 Å². The highest BCUT2D eigenvalue weighted by molar-refractivity contribution is 5.90. The molecule has 0 aliphatic rings. The van der Waals surface area contributed by atoms with Crippen molar-refractivity contribution in [3.05, 3.63) is 72.2 Å². The Morgan fingerprint density at radius 2 is 2.04 bits per heavy atom. The molecule has 0 aliphatic heterocycles. The highest BCUT2D eigenvalue weighted by Crippen LogP contribution is 2.21. The number of aliphatic hydroxyl groups is 1. The number of H-pyrrole nitrogens is 1. The number of carbonyl (C=O) groups excluding carboxylic acids is 1. The van der Waals surface area contributed by atoms with Crippen LogP contribution >= 0.6 is 0 Å². The minimum atomic E-state index is -0.508. The van der Waals surface area contributed by atoms with Gasteiger partial charge in [-0.15, -0.1) is 0 Å². The fraction of sp³-hybridized carbons (Fsp3) is 0.150. The first-order valence-corrected chi connectivity index (χ1v) is 8.60. The van der Waals surface area contributed by atoms with Crippen LogP contribution in [-0.2, 0) is 6.42 Å². The predicted molar refractivity (Wildman–Crippen MR) is 100 cm³/mol. The molecule has 0 fully saturated rings. The molecule has 0 saturated heterocycles. The molecule has 2 aromatic carbocycles. The van der Waals surface area contributed by atoms with Crippen molar-refractivity contribution in [2.45, 2.75) is 12.5 Å². The molecule has 7 heteroatoms. The number of fused-ring (bicyclic) bond motifs is 1. The molecular weight excluding hydrogens is 344 g/mol. The van der Waals surface area contributed by atoms with Crippen molar-refractivity contribution in [2.75, 3.05) is 6.61 Å². The first kappa shape index (κ1) is 17.0. The lowest BCUT2D eigenvalue weighted by Gasteiger charge is -2.14. The highest BCUT2D eigenvalue weighted by atomic mass is 16.5. The van der Waals surface area contributed by atoms with E-state index in [1.54, 1.807) is 0 Å². The Labute approximate surface area is 155 Å². The van der Waals surface area contributed by atoms with Crippen LogP contribution in [0.4, 0.5) is 0 Å². The number of carbonyl (C=O) groups is 1. The van der Waals surface area contributed by atoms with Gasteiger partial charge in [0.15, 0.2) is 0 Å². The van der Waals surface area contributed by atoms with Crippen molar-refractivity contribution < 1.29 is 14.4 Å². The average Bonchev–Trinajstić information content (AvgIpc) is 3.37. The molecule has 2 heterocycles. The van der Waals surface area contributed by atoms with Crippen molar-refractivity contribution in [1.82, 2.24) is 20.4 Å². The van der Waals surface area contributed by atoms with Crippen LogP contribution in [0.1, 0.15) is 16.2 Å². The summed E-state index contributed by atoms with van der Waals surface area (Å²) < 4.78 is 5.11. The molecule has 4 rings (SSSR count). The van der Waals surface area contributed by atoms with E-state index in [0.29, 0.717) is 12.2 Å². The monoisotopic (exact) mass is 362 g/mol. The van der Waals surface area contributed by atoms with Gasteiger partial charge in [-0.1, -0.05) is 35.5 Å². The minimum Gasteiger partial charge on any atom is -0.394 e. The molecule has 7 nitrogen and oxygen atoms in total. The SMILES string of the molecule is O=C(N[C@H](CO)Cc1ccccc1)c1nc(-c2ccc3[nH]ccc3c2)no1. The Hall–Kier alpha value is -3.45. The third kappa shape index (κ3) is 3.73. The van der Waals surface area contributed by atoms with Crippen molar-refractivity contribution in [3.8, 4) is 11.4 Å². The lowest BCUT2D eigenvalue weighted by atomic mass is 10.1. The Balaban J connectivity index is 1.47. The van der Waals surface area contributed by atoms with E-state index < -0.39 is 11.9 Å². The number of amides is 1. The average molecular weight is 362 g/mol. The molecule has 0 unspecified atom stereocenters. The Morgan fingerprint density at radius 3 is 2.85 bits per heavy atom. The number of nitrogens with one attached hydrogen (secondary N) is 2. The maximum atomic E-state index is 12.4. The lowest BCUT2D eigenvalue weighted by Crippen LogP contribution is -2.39. The van der Waals surface area contributed by atoms with Crippen LogP contribution in [0.3, 0.4) is 0 Å². The number of aromatic amines is 1. The van der Waals surface area contributed by atoms with Crippen molar-refractivity contribution in [1.29, 1.82) is 0 Å². The van der Waals surface area contributed by atoms with Crippen LogP contribution in [-0.4, -0.2) is 38.8 Å². The Kier molecular flexibility index (Phi) is 4.67. The fourth-order valence-corrected chi connectivity index (χ4v) is 2.93. The topological polar surface area (TPSA) is 104 Å². The second-order valence-corrected chi connectivity index (χ2v) is 6.25. The zero-order chi connectivity index (χ0) is 18.6. The fourth-order valence-electron chi connectivity index (χ4n) is 2.93. The summed E-state index contributed by atoms with van der Waals surface area (Å²) in [5.74, 6) is -0.302. The summed E-state index contributed by atoms with van der Waals surface area (Å²) in [6.45, 7) is -0.189. The van der Waals surface area contributed by atoms with Crippen LogP contribution in [0.5, 0.6) is 0 Å². The Morgan fingerprint density at radius 1 is 1.19 bits per heavy atom. The van der Waals surface area contributed by atoms with Crippen molar-refractivity contribution in [3.63, 3.8) is 0 Å². The summed E-state index contributed by atoms with van der Waals surface area (Å²) in [6.07, 6.45) is 2.36. The summed E-state index contributed by atoms with van der Waals surface area (Å²) in [7, 11) is 0. The summed E-state index contributed by atoms with van der Waals surface area (Å²) in [5.41, 5.74) is 2.78. The van der Waals surface area contributed by atoms with Crippen LogP contribution in [0.2, 0.25) is 0 Å². The summed E-state index contributed by atoms with van der Waals surface area (Å²) >= 11 is 0. The van der Waals surface area contributed by atoms with E-state index in [1.165, 1.54) is 0 Å². The molecule has 0 bridgehead atoms. The van der Waals surface area contributed by atoms with Crippen molar-refractivity contribution in [2.24, 2.45) is 0 Å². The van der Waals surface area contributed by atoms with Gasteiger partial charge in [0.25, 0.3) is 0 Å². The number of rotatable bonds is 6. The number of nitrogens with zero attached hydrogens (tertiary/aromatic N) is 2. The molecule has 1 amide bonds. The van der Waals surface area contributed by atoms with Gasteiger partial charge in [0.2, 0.25) is 5.82 Å². The molecule has 0 radical (unpaired) electrons. The maximum absolute atomic E-state index is 12.4. The quantitative estimate of drug-likeness (QED) is 0.489. The minimum absolute atomic E-state index is 0.134. The molecule has 27 heavy (non-hydrogen) atoms. The lowest BCUT2D eigenvalue weighted by molar-refractivity contribution is 0.0872. The predicted octanol–water partition coefficient (Wildman–Crippen LogP) is 2.55. The third-order valence-electron chi connectivity index (χ3n) is 4.31. The molecule has 0 spiro atoms. The smallest absolute Gasteiger partial charge is 0.316 e. The van der Waals surface area contributed by atoms with Crippen LogP contribution < -0.4 is 5.32 Å². The molecule has 136 valence electrons. The molecule has 3 N–H and O–H groups in total. The summed E-state index contributed by atoms with van der Waals surface area (Å²) in [4.78, 5) is 19.7. The molecular formula is C20H18N4O3. The van der Waals surface area contributed by atoms with E-state index in [9.17, 15) is 9.90 Å². The van der Waals surface area contributed by atoms with Gasteiger partial charge in [-0.3, -0.25) is 4.79 Å². The van der Waals surface area contributed by atoms with E-state index >= 15 is 0 Å². The van der Waals surface area contributed by atoms with E-state index in [4.69, 9.17) is 4.52 Å². The molecule has 4 aromatic rings. The largest absolute Gasteiger partial charge is 0.394 e. The Bertz CT molecular complexity index is 1060. The van der Waals surface area contributed by atoms with Crippen LogP contribution in [0, 0.1) is 0 Å². The van der Waals surface area contributed by atoms with Gasteiger partial charge < -0.3 is 19.9 Å². The molecule has 0 saturated carbocycles. The highest BCUT2D eigenvalue weighted by Gasteiger charge is 2.20. The first-order valence-electron chi connectivity index (χ1n) is 8.60. The zero-order valence-electron chi connectivity index (χ0n) is 14.4. The van der Waals surface area contributed by atoms with Gasteiger partial charge in [-0.2, -0.15) is 4.98 Å². The van der Waals surface area contributed by atoms with Gasteiger partial charge in [0.05, 0.1) is 12.6 Å². The normalized spacial score (nSPS) is 12.2. The third-order valence-corrected chi connectivity index (χ3v) is 4.31. The molecule has 1 atom stereocenters. The number of aromatic nitrogens is 3. The summed E-state index contributed by atoms with van der Waals surface area (Å²) in [5, 5.41) is 17.2. The van der Waals surface area contributed by atoms with Crippen molar-refractivity contribution >= 4 is 16.8 Å². The van der Waals surface area contributed by atoms with E-state index in [2.05, 4.69) is 20.4 Å². The number of hydrogen-bond donors (Lipinski definition) is 3. The zero-order valence-corrected chi connectivity index (χ0v) is 14.4. The van der Waals surface area contributed by atoms with Gasteiger partial charge in [-0.05, 0) is 36.2 Å². The number of benzene rings is 2. The molecule has 0 aliphatic carbocycles. The summed E-state index contributed by atoms with van der Waals surface area (Å²) in [6, 6.07) is 16.8. The standard InChI is InChI=1S/C20H18N4O3/c25-12-16(10-13-4-2-1-3-5-13)22-19(26)20-23-18(24-27-20)15-6-7-17-14(11-15)8-9-21-17/h1-9,11,16,21,25H,10,12H2,(H,22,26)/t16-/m0/s1. The number of aliphatic hydroxyl groups excluding tert-OH is 1. The van der Waals surface area contributed by atoms with Crippen LogP contribution in [0.25, 0.3) is 22.3 Å². The van der Waals surface area contributed by atoms with Crippen LogP contribution in [0.15, 0.2) is 65.3 Å². The second-order valence-electron chi connectivity index (χ2n) is 6.25. The molecule has 2 aromatic heterocycles. The van der Waals surface area contributed by atoms with Gasteiger partial charge in [-0.25, -0.2) is 0 Å². The van der Waals surface area contributed by atoms with Gasteiger partial charge >= 0.3 is 11.8 Å². The second kappa shape index (κ2) is 7.43. The first-order chi connectivity index (χ1) is 13.2. The van der Waals surface area contributed by atoms with E-state index in [1.807, 2.05) is 60.8 Å². The van der Waals surface area contributed by atoms with E-state index in [-0.39, 0.29) is 12.5 Å².